The summed E-state index contributed by atoms with van der Waals surface area (Å²) in [6, 6.07) is 0. The molecule has 0 spiro atoms. The summed E-state index contributed by atoms with van der Waals surface area (Å²) in [7, 11) is 3.25. The fourth-order valence-corrected chi connectivity index (χ4v) is 0. The molecular formula is C12H30O2S. The average molecular weight is 238 g/mol. The van der Waals surface area contributed by atoms with Gasteiger partial charge in [0, 0.05) is 14.2 Å². The van der Waals surface area contributed by atoms with Gasteiger partial charge in [-0.15, -0.1) is 0 Å². The Balaban J connectivity index is -0.0000000553. The van der Waals surface area contributed by atoms with Crippen LogP contribution in [-0.4, -0.2) is 32.5 Å². The van der Waals surface area contributed by atoms with E-state index < -0.39 is 0 Å². The monoisotopic (exact) mass is 238 g/mol. The molecule has 0 N–H and O–H groups in total. The van der Waals surface area contributed by atoms with Gasteiger partial charge in [-0.05, 0) is 31.8 Å². The summed E-state index contributed by atoms with van der Waals surface area (Å²) >= 11 is 1.75. The number of carbonyl (C=O) groups excluding carboxylic acids is 1. The number of carbonyl (C=O) groups is 1. The predicted octanol–water partition coefficient (Wildman–Crippen LogP) is 3.89. The van der Waals surface area contributed by atoms with Gasteiger partial charge in [0.1, 0.15) is 5.78 Å². The van der Waals surface area contributed by atoms with Gasteiger partial charge in [-0.25, -0.2) is 0 Å². The van der Waals surface area contributed by atoms with Crippen molar-refractivity contribution in [2.45, 2.75) is 41.5 Å². The molecule has 0 aliphatic rings. The molecule has 0 saturated heterocycles. The molecule has 0 aromatic rings. The molecule has 0 amide bonds. The van der Waals surface area contributed by atoms with Crippen LogP contribution < -0.4 is 0 Å². The largest absolute Gasteiger partial charge is 0.388 e. The average Bonchev–Trinajstić information content (AvgIpc) is 1.82. The second-order valence-corrected chi connectivity index (χ2v) is 5.54. The first-order chi connectivity index (χ1) is 6.56. The minimum Gasteiger partial charge on any atom is -0.388 e. The third-order valence-electron chi connectivity index (χ3n) is 0. The molecule has 15 heavy (non-hydrogen) atoms. The van der Waals surface area contributed by atoms with E-state index in [9.17, 15) is 4.79 Å². The van der Waals surface area contributed by atoms with Crippen LogP contribution in [0, 0.1) is 5.41 Å². The smallest absolute Gasteiger partial charge is 0.126 e. The van der Waals surface area contributed by atoms with Crippen molar-refractivity contribution in [2.24, 2.45) is 5.41 Å². The Morgan fingerprint density at radius 2 is 1.00 bits per heavy atom. The molecule has 0 heterocycles. The van der Waals surface area contributed by atoms with Gasteiger partial charge in [0.2, 0.25) is 0 Å². The van der Waals surface area contributed by atoms with Gasteiger partial charge in [0.25, 0.3) is 0 Å². The summed E-state index contributed by atoms with van der Waals surface area (Å²) in [4.78, 5) is 9.44. The summed E-state index contributed by atoms with van der Waals surface area (Å²) in [5.41, 5.74) is 0.500. The summed E-state index contributed by atoms with van der Waals surface area (Å²) in [6.45, 7) is 11.8. The van der Waals surface area contributed by atoms with E-state index in [1.165, 1.54) is 13.8 Å². The van der Waals surface area contributed by atoms with Gasteiger partial charge in [0.05, 0.1) is 0 Å². The van der Waals surface area contributed by atoms with E-state index in [4.69, 9.17) is 0 Å². The van der Waals surface area contributed by atoms with Gasteiger partial charge in [-0.1, -0.05) is 27.7 Å². The van der Waals surface area contributed by atoms with Crippen LogP contribution in [0.2, 0.25) is 0 Å². The van der Waals surface area contributed by atoms with Crippen molar-refractivity contribution in [3.63, 3.8) is 0 Å². The quantitative estimate of drug-likeness (QED) is 0.640. The SMILES string of the molecule is CC(C)(C)C.CC(C)=O.COC.CSC. The second-order valence-electron chi connectivity index (χ2n) is 4.72. The number of ether oxygens (including phenoxy) is 1. The molecule has 0 bridgehead atoms. The lowest BCUT2D eigenvalue weighted by Crippen LogP contribution is -1.93. The molecule has 2 nitrogen and oxygen atoms in total. The highest BCUT2D eigenvalue weighted by molar-refractivity contribution is 7.97. The lowest BCUT2D eigenvalue weighted by Gasteiger charge is -2.05. The number of methoxy groups -OCH3 is 1. The van der Waals surface area contributed by atoms with Crippen molar-refractivity contribution in [3.05, 3.63) is 0 Å². The first-order valence-electron chi connectivity index (χ1n) is 4.84. The van der Waals surface area contributed by atoms with Crippen molar-refractivity contribution in [1.82, 2.24) is 0 Å². The topological polar surface area (TPSA) is 26.3 Å². The summed E-state index contributed by atoms with van der Waals surface area (Å²) in [5, 5.41) is 0. The van der Waals surface area contributed by atoms with Crippen molar-refractivity contribution in [2.75, 3.05) is 26.7 Å². The number of ketones is 1. The molecule has 0 aromatic heterocycles. The lowest BCUT2D eigenvalue weighted by atomic mass is 10.0. The number of hydrogen-bond acceptors (Lipinski definition) is 3. The number of rotatable bonds is 0. The van der Waals surface area contributed by atoms with Gasteiger partial charge >= 0.3 is 0 Å². The molecule has 96 valence electrons. The van der Waals surface area contributed by atoms with Crippen LogP contribution in [0.15, 0.2) is 0 Å². The first-order valence-corrected chi connectivity index (χ1v) is 6.47. The van der Waals surface area contributed by atoms with E-state index in [2.05, 4.69) is 32.4 Å². The van der Waals surface area contributed by atoms with Crippen molar-refractivity contribution in [1.29, 1.82) is 0 Å². The van der Waals surface area contributed by atoms with Gasteiger partial charge in [0.15, 0.2) is 0 Å². The Morgan fingerprint density at radius 1 is 1.00 bits per heavy atom. The van der Waals surface area contributed by atoms with Gasteiger partial charge in [-0.3, -0.25) is 0 Å². The Bertz CT molecular complexity index is 94.7. The number of hydrogen-bond donors (Lipinski definition) is 0. The first kappa shape index (κ1) is 24.3. The highest BCUT2D eigenvalue weighted by Gasteiger charge is 1.95. The zero-order valence-corrected chi connectivity index (χ0v) is 13.0. The van der Waals surface area contributed by atoms with E-state index in [0.29, 0.717) is 5.41 Å². The van der Waals surface area contributed by atoms with Crippen LogP contribution in [0.4, 0.5) is 0 Å². The van der Waals surface area contributed by atoms with Crippen LogP contribution in [0.1, 0.15) is 41.5 Å². The predicted molar refractivity (Wildman–Crippen MR) is 73.9 cm³/mol. The van der Waals surface area contributed by atoms with E-state index in [0.717, 1.165) is 0 Å². The number of thioether (sulfide) groups is 1. The lowest BCUT2D eigenvalue weighted by molar-refractivity contribution is -0.114. The standard InChI is InChI=1S/C5H12.C3H6O.C2H6O.C2H6S/c1-5(2,3)4;1-3(2)4;2*1-3-2/h1-4H3;1-2H3;2*1-2H3. The second kappa shape index (κ2) is 19.5. The van der Waals surface area contributed by atoms with Gasteiger partial charge < -0.3 is 9.53 Å². The van der Waals surface area contributed by atoms with Crippen molar-refractivity contribution < 1.29 is 9.53 Å². The number of Topliss-reactive ketones (excluding diaryl/α,β-unsaturated/α-hetero) is 1. The molecule has 3 heteroatoms. The summed E-state index contributed by atoms with van der Waals surface area (Å²) < 4.78 is 4.25. The minimum absolute atomic E-state index is 0.167. The Morgan fingerprint density at radius 3 is 1.00 bits per heavy atom. The van der Waals surface area contributed by atoms with Crippen molar-refractivity contribution >= 4 is 17.5 Å². The summed E-state index contributed by atoms with van der Waals surface area (Å²) in [5.74, 6) is 0.167. The highest BCUT2D eigenvalue weighted by atomic mass is 32.2. The normalized spacial score (nSPS) is 8.13. The molecule has 0 aromatic carbocycles. The maximum Gasteiger partial charge on any atom is 0.126 e. The maximum atomic E-state index is 9.44. The van der Waals surface area contributed by atoms with E-state index in [1.807, 2.05) is 12.5 Å². The molecule has 0 unspecified atom stereocenters. The van der Waals surface area contributed by atoms with E-state index >= 15 is 0 Å². The molecule has 0 radical (unpaired) electrons. The molecule has 0 rings (SSSR count). The van der Waals surface area contributed by atoms with E-state index in [-0.39, 0.29) is 5.78 Å². The molecule has 0 aliphatic carbocycles. The van der Waals surface area contributed by atoms with Crippen LogP contribution in [-0.2, 0) is 9.53 Å². The minimum atomic E-state index is 0.167. The molecule has 0 atom stereocenters. The third-order valence-corrected chi connectivity index (χ3v) is 0. The molecular weight excluding hydrogens is 208 g/mol. The van der Waals surface area contributed by atoms with Crippen LogP contribution >= 0.6 is 11.8 Å². The fourth-order valence-electron chi connectivity index (χ4n) is 0. The van der Waals surface area contributed by atoms with Gasteiger partial charge in [-0.2, -0.15) is 11.8 Å². The third kappa shape index (κ3) is 5020000. The zero-order valence-electron chi connectivity index (χ0n) is 12.2. The molecule has 0 saturated carbocycles. The fraction of sp³-hybridized carbons (Fsp3) is 0.917. The zero-order chi connectivity index (χ0) is 13.5. The Hall–Kier alpha value is -0.0200. The van der Waals surface area contributed by atoms with Crippen LogP contribution in [0.3, 0.4) is 0 Å². The Kier molecular flexibility index (Phi) is 31.6. The molecule has 0 fully saturated rings. The highest BCUT2D eigenvalue weighted by Crippen LogP contribution is 2.07. The van der Waals surface area contributed by atoms with E-state index in [1.54, 1.807) is 26.0 Å². The Labute approximate surface area is 101 Å². The maximum absolute atomic E-state index is 9.44. The van der Waals surface area contributed by atoms with Crippen LogP contribution in [0.5, 0.6) is 0 Å². The molecule has 0 aliphatic heterocycles. The summed E-state index contributed by atoms with van der Waals surface area (Å²) in [6.07, 6.45) is 4.08. The van der Waals surface area contributed by atoms with Crippen molar-refractivity contribution in [3.8, 4) is 0 Å². The van der Waals surface area contributed by atoms with Crippen LogP contribution in [0.25, 0.3) is 0 Å².